The molecule has 0 bridgehead atoms. The van der Waals surface area contributed by atoms with Gasteiger partial charge in [0.2, 0.25) is 5.82 Å². The first-order valence-corrected chi connectivity index (χ1v) is 11.1. The van der Waals surface area contributed by atoms with Gasteiger partial charge in [-0.15, -0.1) is 5.10 Å². The number of nitrogens with one attached hydrogen (secondary N) is 1. The Morgan fingerprint density at radius 3 is 2.63 bits per heavy atom. The van der Waals surface area contributed by atoms with Gasteiger partial charge in [0, 0.05) is 14.1 Å². The Kier molecular flexibility index (Phi) is 5.28. The molecule has 12 heteroatoms. The molecular weight excluding hydrogens is 472 g/mol. The molecule has 11 nitrogen and oxygen atoms in total. The number of carboxylic acids is 1. The monoisotopic (exact) mass is 492 g/mol. The number of pyridine rings is 1. The third-order valence-corrected chi connectivity index (χ3v) is 6.04. The number of aromatic carboxylic acids is 1. The number of aryl methyl sites for hydroxylation is 3. The fraction of sp³-hybridized carbons (Fsp3) is 0.217. The molecule has 0 saturated heterocycles. The van der Waals surface area contributed by atoms with Crippen molar-refractivity contribution < 1.29 is 9.90 Å². The van der Waals surface area contributed by atoms with E-state index in [1.54, 1.807) is 47.7 Å². The molecule has 0 aliphatic carbocycles. The molecule has 2 N–H and O–H groups in total. The van der Waals surface area contributed by atoms with Gasteiger partial charge in [0.25, 0.3) is 5.56 Å². The first-order chi connectivity index (χ1) is 16.7. The van der Waals surface area contributed by atoms with E-state index >= 15 is 0 Å². The lowest BCUT2D eigenvalue weighted by Crippen LogP contribution is -2.22. The van der Waals surface area contributed by atoms with Gasteiger partial charge in [0.15, 0.2) is 11.3 Å². The molecule has 5 rings (SSSR count). The maximum atomic E-state index is 13.2. The summed E-state index contributed by atoms with van der Waals surface area (Å²) >= 11 is 6.15. The Labute approximate surface area is 203 Å². The van der Waals surface area contributed by atoms with Crippen molar-refractivity contribution in [3.8, 4) is 11.5 Å². The minimum atomic E-state index is -1.21. The number of carboxylic acid groups (broad SMARTS) is 1. The van der Waals surface area contributed by atoms with E-state index in [-0.39, 0.29) is 22.9 Å². The van der Waals surface area contributed by atoms with E-state index in [9.17, 15) is 14.7 Å². The smallest absolute Gasteiger partial charge is 0.358 e. The van der Waals surface area contributed by atoms with Gasteiger partial charge in [-0.3, -0.25) is 18.4 Å². The van der Waals surface area contributed by atoms with E-state index in [4.69, 9.17) is 11.6 Å². The van der Waals surface area contributed by atoms with Crippen LogP contribution in [0.5, 0.6) is 0 Å². The van der Waals surface area contributed by atoms with Crippen LogP contribution in [0.25, 0.3) is 28.1 Å². The van der Waals surface area contributed by atoms with Crippen molar-refractivity contribution >= 4 is 39.8 Å². The molecule has 35 heavy (non-hydrogen) atoms. The standard InChI is InChI=1S/C23H21ClN8O3/c1-11-7-13(12(2)27-15-5-6-16(24)28-17(15)20-26-9-30(3)29-20)19-14(8-11)22(33)31(4)21-18(23(34)35)25-10-32(19)21/h5-10,12,27H,1-4H3,(H,34,35). The summed E-state index contributed by atoms with van der Waals surface area (Å²) in [6, 6.07) is 6.89. The Hall–Kier alpha value is -4.25. The summed E-state index contributed by atoms with van der Waals surface area (Å²) in [7, 11) is 3.30. The predicted octanol–water partition coefficient (Wildman–Crippen LogP) is 3.21. The minimum Gasteiger partial charge on any atom is -0.476 e. The lowest BCUT2D eigenvalue weighted by molar-refractivity contribution is 0.0692. The quantitative estimate of drug-likeness (QED) is 0.357. The normalized spacial score (nSPS) is 12.4. The summed E-state index contributed by atoms with van der Waals surface area (Å²) in [6.07, 6.45) is 3.00. The number of hydrogen-bond acceptors (Lipinski definition) is 7. The Morgan fingerprint density at radius 2 is 1.94 bits per heavy atom. The summed E-state index contributed by atoms with van der Waals surface area (Å²) in [5.74, 6) is -0.794. The number of rotatable bonds is 5. The molecule has 178 valence electrons. The highest BCUT2D eigenvalue weighted by molar-refractivity contribution is 6.29. The first-order valence-electron chi connectivity index (χ1n) is 10.7. The second kappa shape index (κ2) is 8.20. The Bertz CT molecular complexity index is 1700. The molecule has 0 aliphatic heterocycles. The van der Waals surface area contributed by atoms with Crippen molar-refractivity contribution in [1.29, 1.82) is 0 Å². The number of benzene rings is 1. The summed E-state index contributed by atoms with van der Waals surface area (Å²) in [6.45, 7) is 3.85. The van der Waals surface area contributed by atoms with Gasteiger partial charge in [-0.25, -0.2) is 19.7 Å². The van der Waals surface area contributed by atoms with Crippen molar-refractivity contribution in [3.63, 3.8) is 0 Å². The topological polar surface area (TPSA) is 132 Å². The molecule has 0 radical (unpaired) electrons. The van der Waals surface area contributed by atoms with E-state index in [1.807, 2.05) is 19.9 Å². The molecule has 0 spiro atoms. The van der Waals surface area contributed by atoms with Crippen LogP contribution in [0.15, 0.2) is 41.7 Å². The number of aromatic nitrogens is 7. The van der Waals surface area contributed by atoms with Gasteiger partial charge < -0.3 is 10.4 Å². The van der Waals surface area contributed by atoms with E-state index in [2.05, 4.69) is 25.4 Å². The zero-order valence-corrected chi connectivity index (χ0v) is 20.1. The van der Waals surface area contributed by atoms with E-state index in [0.717, 1.165) is 11.1 Å². The van der Waals surface area contributed by atoms with Crippen LogP contribution in [0.4, 0.5) is 5.69 Å². The number of imidazole rings is 1. The summed E-state index contributed by atoms with van der Waals surface area (Å²) in [5.41, 5.74) is 3.09. The molecule has 0 saturated carbocycles. The van der Waals surface area contributed by atoms with Gasteiger partial charge in [-0.05, 0) is 43.2 Å². The van der Waals surface area contributed by atoms with Crippen molar-refractivity contribution in [1.82, 2.24) is 33.7 Å². The van der Waals surface area contributed by atoms with Crippen LogP contribution in [0, 0.1) is 6.92 Å². The summed E-state index contributed by atoms with van der Waals surface area (Å²) in [4.78, 5) is 37.8. The second-order valence-electron chi connectivity index (χ2n) is 8.34. The average Bonchev–Trinajstić information content (AvgIpc) is 3.45. The molecular formula is C23H21ClN8O3. The zero-order chi connectivity index (χ0) is 25.0. The second-order valence-corrected chi connectivity index (χ2v) is 8.73. The van der Waals surface area contributed by atoms with Crippen LogP contribution >= 0.6 is 11.6 Å². The number of carbonyl (C=O) groups is 1. The predicted molar refractivity (Wildman–Crippen MR) is 131 cm³/mol. The van der Waals surface area contributed by atoms with Crippen molar-refractivity contribution in [2.75, 3.05) is 5.32 Å². The van der Waals surface area contributed by atoms with Gasteiger partial charge in [0.1, 0.15) is 23.5 Å². The molecule has 0 fully saturated rings. The van der Waals surface area contributed by atoms with Crippen molar-refractivity contribution in [2.45, 2.75) is 19.9 Å². The van der Waals surface area contributed by atoms with Gasteiger partial charge in [-0.2, -0.15) is 0 Å². The lowest BCUT2D eigenvalue weighted by atomic mass is 10.0. The Morgan fingerprint density at radius 1 is 1.17 bits per heavy atom. The lowest BCUT2D eigenvalue weighted by Gasteiger charge is -2.21. The molecule has 1 atom stereocenters. The maximum Gasteiger partial charge on any atom is 0.358 e. The van der Waals surface area contributed by atoms with Crippen LogP contribution in [0.1, 0.15) is 34.6 Å². The Balaban J connectivity index is 1.71. The number of hydrogen-bond donors (Lipinski definition) is 2. The maximum absolute atomic E-state index is 13.2. The summed E-state index contributed by atoms with van der Waals surface area (Å²) in [5, 5.41) is 18.1. The van der Waals surface area contributed by atoms with E-state index in [0.29, 0.717) is 33.3 Å². The van der Waals surface area contributed by atoms with Gasteiger partial charge in [-0.1, -0.05) is 17.7 Å². The number of fused-ring (bicyclic) bond motifs is 3. The summed E-state index contributed by atoms with van der Waals surface area (Å²) < 4.78 is 4.54. The molecule has 1 unspecified atom stereocenters. The van der Waals surface area contributed by atoms with Crippen LogP contribution in [0.3, 0.4) is 0 Å². The molecule has 0 amide bonds. The number of halogens is 1. The van der Waals surface area contributed by atoms with Crippen molar-refractivity contribution in [2.24, 2.45) is 14.1 Å². The first kappa shape index (κ1) is 22.5. The number of anilines is 1. The fourth-order valence-electron chi connectivity index (χ4n) is 4.30. The third-order valence-electron chi connectivity index (χ3n) is 5.83. The highest BCUT2D eigenvalue weighted by atomic mass is 35.5. The number of nitrogens with zero attached hydrogens (tertiary/aromatic N) is 7. The van der Waals surface area contributed by atoms with E-state index < -0.39 is 5.97 Å². The zero-order valence-electron chi connectivity index (χ0n) is 19.3. The van der Waals surface area contributed by atoms with Gasteiger partial charge in [0.05, 0.1) is 22.6 Å². The average molecular weight is 493 g/mol. The minimum absolute atomic E-state index is 0.191. The van der Waals surface area contributed by atoms with Crippen LogP contribution < -0.4 is 10.9 Å². The van der Waals surface area contributed by atoms with Crippen LogP contribution in [-0.4, -0.2) is 44.8 Å². The molecule has 0 aliphatic rings. The third kappa shape index (κ3) is 3.69. The highest BCUT2D eigenvalue weighted by Gasteiger charge is 2.23. The largest absolute Gasteiger partial charge is 0.476 e. The molecule has 5 aromatic rings. The highest BCUT2D eigenvalue weighted by Crippen LogP contribution is 2.32. The van der Waals surface area contributed by atoms with Crippen LogP contribution in [0.2, 0.25) is 5.15 Å². The molecule has 4 heterocycles. The van der Waals surface area contributed by atoms with Gasteiger partial charge >= 0.3 is 5.97 Å². The molecule has 4 aromatic heterocycles. The molecule has 1 aromatic carbocycles. The van der Waals surface area contributed by atoms with Crippen molar-refractivity contribution in [3.05, 3.63) is 69.2 Å². The fourth-order valence-corrected chi connectivity index (χ4v) is 4.45. The van der Waals surface area contributed by atoms with Crippen LogP contribution in [-0.2, 0) is 14.1 Å². The van der Waals surface area contributed by atoms with E-state index in [1.165, 1.54) is 10.9 Å². The SMILES string of the molecule is Cc1cc(C(C)Nc2ccc(Cl)nc2-c2ncn(C)n2)c2c(c1)c(=O)n(C)c1c(C(=O)O)ncn21.